The molecular formula is C26H35N3O3. The van der Waals surface area contributed by atoms with Crippen molar-refractivity contribution in [3.05, 3.63) is 71.8 Å². The molecule has 0 aromatic heterocycles. The molecule has 2 atom stereocenters. The van der Waals surface area contributed by atoms with Gasteiger partial charge in [0.2, 0.25) is 5.91 Å². The highest BCUT2D eigenvalue weighted by Gasteiger charge is 2.29. The van der Waals surface area contributed by atoms with Crippen molar-refractivity contribution in [3.8, 4) is 0 Å². The molecule has 1 aliphatic heterocycles. The SMILES string of the molecule is CCC(C)C(NC(=O)OCc1ccccc1)C(=O)NC1CCN(Cc2ccccc2)CC1. The highest BCUT2D eigenvalue weighted by Crippen LogP contribution is 2.15. The number of rotatable bonds is 9. The van der Waals surface area contributed by atoms with Crippen LogP contribution in [0.15, 0.2) is 60.7 Å². The Balaban J connectivity index is 1.46. The molecule has 0 spiro atoms. The minimum absolute atomic E-state index is 0.0115. The fourth-order valence-corrected chi connectivity index (χ4v) is 3.96. The molecule has 1 fully saturated rings. The Morgan fingerprint density at radius 2 is 1.59 bits per heavy atom. The van der Waals surface area contributed by atoms with Crippen LogP contribution in [0, 0.1) is 5.92 Å². The Kier molecular flexibility index (Phi) is 9.11. The molecule has 6 nitrogen and oxygen atoms in total. The Bertz CT molecular complexity index is 836. The van der Waals surface area contributed by atoms with Crippen molar-refractivity contribution in [2.75, 3.05) is 13.1 Å². The van der Waals surface area contributed by atoms with Crippen molar-refractivity contribution < 1.29 is 14.3 Å². The fraction of sp³-hybridized carbons (Fsp3) is 0.462. The molecule has 172 valence electrons. The smallest absolute Gasteiger partial charge is 0.408 e. The van der Waals surface area contributed by atoms with Crippen molar-refractivity contribution in [1.82, 2.24) is 15.5 Å². The predicted molar refractivity (Wildman–Crippen MR) is 126 cm³/mol. The fourth-order valence-electron chi connectivity index (χ4n) is 3.96. The second-order valence-electron chi connectivity index (χ2n) is 8.61. The summed E-state index contributed by atoms with van der Waals surface area (Å²) in [6, 6.07) is 19.5. The first kappa shape index (κ1) is 23.8. The van der Waals surface area contributed by atoms with E-state index in [1.165, 1.54) is 5.56 Å². The van der Waals surface area contributed by atoms with E-state index in [2.05, 4.69) is 39.8 Å². The van der Waals surface area contributed by atoms with Gasteiger partial charge in [-0.3, -0.25) is 9.69 Å². The van der Waals surface area contributed by atoms with Crippen LogP contribution in [0.5, 0.6) is 0 Å². The average molecular weight is 438 g/mol. The maximum Gasteiger partial charge on any atom is 0.408 e. The van der Waals surface area contributed by atoms with Crippen LogP contribution < -0.4 is 10.6 Å². The number of amides is 2. The lowest BCUT2D eigenvalue weighted by atomic mass is 9.97. The number of carbonyl (C=O) groups excluding carboxylic acids is 2. The number of ether oxygens (including phenoxy) is 1. The average Bonchev–Trinajstić information content (AvgIpc) is 2.83. The normalized spacial score (nSPS) is 16.7. The number of piperidine rings is 1. The lowest BCUT2D eigenvalue weighted by molar-refractivity contribution is -0.125. The van der Waals surface area contributed by atoms with Crippen molar-refractivity contribution in [2.45, 2.75) is 58.3 Å². The zero-order chi connectivity index (χ0) is 22.8. The summed E-state index contributed by atoms with van der Waals surface area (Å²) in [4.78, 5) is 27.8. The lowest BCUT2D eigenvalue weighted by Crippen LogP contribution is -2.54. The van der Waals surface area contributed by atoms with E-state index in [4.69, 9.17) is 4.74 Å². The van der Waals surface area contributed by atoms with E-state index in [-0.39, 0.29) is 24.5 Å². The van der Waals surface area contributed by atoms with Crippen LogP contribution in [-0.2, 0) is 22.7 Å². The number of hydrogen-bond donors (Lipinski definition) is 2. The van der Waals surface area contributed by atoms with Gasteiger partial charge in [0.05, 0.1) is 0 Å². The molecule has 2 unspecified atom stereocenters. The van der Waals surface area contributed by atoms with E-state index in [0.29, 0.717) is 0 Å². The molecule has 0 radical (unpaired) electrons. The summed E-state index contributed by atoms with van der Waals surface area (Å²) in [7, 11) is 0. The van der Waals surface area contributed by atoms with Gasteiger partial charge in [-0.05, 0) is 29.9 Å². The Morgan fingerprint density at radius 1 is 1.00 bits per heavy atom. The highest BCUT2D eigenvalue weighted by molar-refractivity contribution is 5.86. The molecule has 6 heteroatoms. The van der Waals surface area contributed by atoms with Gasteiger partial charge in [-0.25, -0.2) is 4.79 Å². The summed E-state index contributed by atoms with van der Waals surface area (Å²) >= 11 is 0. The van der Waals surface area contributed by atoms with Crippen LogP contribution in [0.3, 0.4) is 0 Å². The molecule has 0 bridgehead atoms. The number of alkyl carbamates (subject to hydrolysis) is 1. The number of carbonyl (C=O) groups is 2. The molecule has 1 saturated heterocycles. The van der Waals surface area contributed by atoms with Gasteiger partial charge in [-0.15, -0.1) is 0 Å². The van der Waals surface area contributed by atoms with Gasteiger partial charge in [0.15, 0.2) is 0 Å². The summed E-state index contributed by atoms with van der Waals surface area (Å²) in [6.07, 6.45) is 2.04. The zero-order valence-corrected chi connectivity index (χ0v) is 19.1. The van der Waals surface area contributed by atoms with Crippen LogP contribution in [0.25, 0.3) is 0 Å². The van der Waals surface area contributed by atoms with Gasteiger partial charge in [0, 0.05) is 25.7 Å². The third-order valence-corrected chi connectivity index (χ3v) is 6.16. The van der Waals surface area contributed by atoms with Crippen LogP contribution >= 0.6 is 0 Å². The maximum atomic E-state index is 13.0. The quantitative estimate of drug-likeness (QED) is 0.619. The second kappa shape index (κ2) is 12.2. The molecule has 2 aromatic carbocycles. The summed E-state index contributed by atoms with van der Waals surface area (Å²) in [5.41, 5.74) is 2.22. The number of hydrogen-bond acceptors (Lipinski definition) is 4. The Hall–Kier alpha value is -2.86. The summed E-state index contributed by atoms with van der Waals surface area (Å²) in [5, 5.41) is 5.95. The first-order valence-electron chi connectivity index (χ1n) is 11.6. The molecule has 2 N–H and O–H groups in total. The topological polar surface area (TPSA) is 70.7 Å². The number of benzene rings is 2. The van der Waals surface area contributed by atoms with Gasteiger partial charge in [-0.1, -0.05) is 80.9 Å². The van der Waals surface area contributed by atoms with Crippen LogP contribution in [0.4, 0.5) is 4.79 Å². The predicted octanol–water partition coefficient (Wildman–Crippen LogP) is 4.11. The molecule has 1 heterocycles. The second-order valence-corrected chi connectivity index (χ2v) is 8.61. The van der Waals surface area contributed by atoms with Crippen LogP contribution in [0.1, 0.15) is 44.2 Å². The molecule has 2 aromatic rings. The number of likely N-dealkylation sites (tertiary alicyclic amines) is 1. The van der Waals surface area contributed by atoms with E-state index in [1.807, 2.05) is 50.2 Å². The molecule has 0 aliphatic carbocycles. The largest absolute Gasteiger partial charge is 0.445 e. The van der Waals surface area contributed by atoms with E-state index in [0.717, 1.165) is 44.5 Å². The molecular weight excluding hydrogens is 402 g/mol. The van der Waals surface area contributed by atoms with Crippen molar-refractivity contribution >= 4 is 12.0 Å². The van der Waals surface area contributed by atoms with Gasteiger partial charge >= 0.3 is 6.09 Å². The van der Waals surface area contributed by atoms with Crippen molar-refractivity contribution in [3.63, 3.8) is 0 Å². The van der Waals surface area contributed by atoms with Gasteiger partial charge in [-0.2, -0.15) is 0 Å². The molecule has 1 aliphatic rings. The maximum absolute atomic E-state index is 13.0. The standard InChI is InChI=1S/C26H35N3O3/c1-3-20(2)24(28-26(31)32-19-22-12-8-5-9-13-22)25(30)27-23-14-16-29(17-15-23)18-21-10-6-4-7-11-21/h4-13,20,23-24H,3,14-19H2,1-2H3,(H,27,30)(H,28,31). The minimum atomic E-state index is -0.606. The molecule has 0 saturated carbocycles. The van der Waals surface area contributed by atoms with Crippen molar-refractivity contribution in [1.29, 1.82) is 0 Å². The molecule has 3 rings (SSSR count). The lowest BCUT2D eigenvalue weighted by Gasteiger charge is -2.33. The van der Waals surface area contributed by atoms with Crippen molar-refractivity contribution in [2.24, 2.45) is 5.92 Å². The summed E-state index contributed by atoms with van der Waals surface area (Å²) < 4.78 is 5.33. The first-order valence-corrected chi connectivity index (χ1v) is 11.6. The summed E-state index contributed by atoms with van der Waals surface area (Å²) in [6.45, 7) is 7.00. The zero-order valence-electron chi connectivity index (χ0n) is 19.1. The van der Waals surface area contributed by atoms with Crippen LogP contribution in [0.2, 0.25) is 0 Å². The van der Waals surface area contributed by atoms with E-state index >= 15 is 0 Å². The van der Waals surface area contributed by atoms with E-state index in [9.17, 15) is 9.59 Å². The van der Waals surface area contributed by atoms with Gasteiger partial charge < -0.3 is 15.4 Å². The third kappa shape index (κ3) is 7.38. The minimum Gasteiger partial charge on any atom is -0.445 e. The highest BCUT2D eigenvalue weighted by atomic mass is 16.5. The van der Waals surface area contributed by atoms with E-state index in [1.54, 1.807) is 0 Å². The number of nitrogens with zero attached hydrogens (tertiary/aromatic N) is 1. The van der Waals surface area contributed by atoms with Gasteiger partial charge in [0.25, 0.3) is 0 Å². The summed E-state index contributed by atoms with van der Waals surface area (Å²) in [5.74, 6) is -0.116. The monoisotopic (exact) mass is 437 g/mol. The van der Waals surface area contributed by atoms with Crippen LogP contribution in [-0.4, -0.2) is 42.1 Å². The molecule has 2 amide bonds. The number of nitrogens with one attached hydrogen (secondary N) is 2. The van der Waals surface area contributed by atoms with Gasteiger partial charge in [0.1, 0.15) is 12.6 Å². The first-order chi connectivity index (χ1) is 15.5. The Labute approximate surface area is 191 Å². The Morgan fingerprint density at radius 3 is 2.19 bits per heavy atom. The van der Waals surface area contributed by atoms with E-state index < -0.39 is 12.1 Å². The third-order valence-electron chi connectivity index (χ3n) is 6.16. The molecule has 32 heavy (non-hydrogen) atoms.